The summed E-state index contributed by atoms with van der Waals surface area (Å²) in [5.74, 6) is 1.02. The van der Waals surface area contributed by atoms with Crippen molar-refractivity contribution in [3.05, 3.63) is 5.82 Å². The van der Waals surface area contributed by atoms with Crippen LogP contribution in [0, 0.1) is 0 Å². The molecule has 2 aliphatic heterocycles. The van der Waals surface area contributed by atoms with Gasteiger partial charge in [-0.25, -0.2) is 4.68 Å². The lowest BCUT2D eigenvalue weighted by molar-refractivity contribution is 0.211. The molecule has 118 valence electrons. The van der Waals surface area contributed by atoms with Crippen LogP contribution in [0.3, 0.4) is 0 Å². The van der Waals surface area contributed by atoms with Crippen LogP contribution < -0.4 is 0 Å². The van der Waals surface area contributed by atoms with Gasteiger partial charge in [0.05, 0.1) is 6.54 Å². The number of nitrogens with zero attached hydrogens (tertiary/aromatic N) is 6. The van der Waals surface area contributed by atoms with Crippen molar-refractivity contribution in [2.45, 2.75) is 64.6 Å². The zero-order valence-electron chi connectivity index (χ0n) is 13.2. The first-order valence-electron chi connectivity index (χ1n) is 8.58. The van der Waals surface area contributed by atoms with Gasteiger partial charge in [-0.15, -0.1) is 5.10 Å². The van der Waals surface area contributed by atoms with Gasteiger partial charge in [0.1, 0.15) is 0 Å². The molecule has 0 saturated carbocycles. The Labute approximate surface area is 127 Å². The Kier molecular flexibility index (Phi) is 5.19. The number of tetrazole rings is 1. The van der Waals surface area contributed by atoms with E-state index in [1.807, 2.05) is 4.68 Å². The monoisotopic (exact) mass is 292 g/mol. The highest BCUT2D eigenvalue weighted by atomic mass is 15.5. The molecule has 6 heteroatoms. The number of aryl methyl sites for hydroxylation is 1. The third-order valence-electron chi connectivity index (χ3n) is 4.85. The summed E-state index contributed by atoms with van der Waals surface area (Å²) in [5, 5.41) is 12.1. The van der Waals surface area contributed by atoms with Gasteiger partial charge < -0.3 is 4.90 Å². The van der Waals surface area contributed by atoms with Crippen molar-refractivity contribution in [3.63, 3.8) is 0 Å². The lowest BCUT2D eigenvalue weighted by Gasteiger charge is -2.26. The van der Waals surface area contributed by atoms with Crippen molar-refractivity contribution in [2.75, 3.05) is 26.2 Å². The van der Waals surface area contributed by atoms with Gasteiger partial charge in [0.2, 0.25) is 0 Å². The van der Waals surface area contributed by atoms with Crippen LogP contribution >= 0.6 is 0 Å². The third kappa shape index (κ3) is 3.80. The molecule has 21 heavy (non-hydrogen) atoms. The fourth-order valence-corrected chi connectivity index (χ4v) is 3.69. The number of aromatic nitrogens is 4. The molecule has 1 aromatic heterocycles. The average Bonchev–Trinajstić information content (AvgIpc) is 3.10. The highest BCUT2D eigenvalue weighted by Gasteiger charge is 2.25. The van der Waals surface area contributed by atoms with Crippen LogP contribution in [0.1, 0.15) is 51.3 Å². The SMILES string of the molecule is CCCn1nnnc1CN1CCCC(N2CCCC2)CC1. The Morgan fingerprint density at radius 2 is 1.90 bits per heavy atom. The Bertz CT molecular complexity index is 426. The summed E-state index contributed by atoms with van der Waals surface area (Å²) in [7, 11) is 0. The lowest BCUT2D eigenvalue weighted by atomic mass is 10.1. The minimum atomic E-state index is 0.809. The molecule has 1 unspecified atom stereocenters. The minimum Gasteiger partial charge on any atom is -0.300 e. The van der Waals surface area contributed by atoms with Gasteiger partial charge >= 0.3 is 0 Å². The maximum absolute atomic E-state index is 4.21. The first-order valence-corrected chi connectivity index (χ1v) is 8.58. The quantitative estimate of drug-likeness (QED) is 0.824. The van der Waals surface area contributed by atoms with Crippen LogP contribution in [0.5, 0.6) is 0 Å². The maximum atomic E-state index is 4.21. The van der Waals surface area contributed by atoms with Crippen molar-refractivity contribution >= 4 is 0 Å². The van der Waals surface area contributed by atoms with Gasteiger partial charge in [-0.1, -0.05) is 6.92 Å². The molecule has 2 aliphatic rings. The first kappa shape index (κ1) is 14.9. The second-order valence-corrected chi connectivity index (χ2v) is 6.42. The smallest absolute Gasteiger partial charge is 0.165 e. The number of hydrogen-bond donors (Lipinski definition) is 0. The third-order valence-corrected chi connectivity index (χ3v) is 4.85. The van der Waals surface area contributed by atoms with E-state index in [4.69, 9.17) is 0 Å². The van der Waals surface area contributed by atoms with Gasteiger partial charge in [0, 0.05) is 19.1 Å². The molecule has 0 amide bonds. The molecule has 0 aliphatic carbocycles. The van der Waals surface area contributed by atoms with Gasteiger partial charge in [0.25, 0.3) is 0 Å². The van der Waals surface area contributed by atoms with E-state index < -0.39 is 0 Å². The molecule has 2 fully saturated rings. The van der Waals surface area contributed by atoms with Gasteiger partial charge in [-0.3, -0.25) is 4.90 Å². The molecule has 0 bridgehead atoms. The van der Waals surface area contributed by atoms with Gasteiger partial charge in [-0.05, 0) is 68.6 Å². The molecule has 0 N–H and O–H groups in total. The van der Waals surface area contributed by atoms with E-state index in [1.54, 1.807) is 0 Å². The Balaban J connectivity index is 1.53. The highest BCUT2D eigenvalue weighted by Crippen LogP contribution is 2.21. The van der Waals surface area contributed by atoms with E-state index in [9.17, 15) is 0 Å². The second kappa shape index (κ2) is 7.31. The van der Waals surface area contributed by atoms with Crippen LogP contribution in [-0.4, -0.2) is 62.2 Å². The number of likely N-dealkylation sites (tertiary alicyclic amines) is 2. The van der Waals surface area contributed by atoms with E-state index in [2.05, 4.69) is 32.2 Å². The van der Waals surface area contributed by atoms with E-state index >= 15 is 0 Å². The number of hydrogen-bond acceptors (Lipinski definition) is 5. The van der Waals surface area contributed by atoms with Crippen LogP contribution in [0.2, 0.25) is 0 Å². The fourth-order valence-electron chi connectivity index (χ4n) is 3.69. The molecule has 0 aromatic carbocycles. The van der Waals surface area contributed by atoms with Crippen LogP contribution in [0.15, 0.2) is 0 Å². The molecule has 3 heterocycles. The van der Waals surface area contributed by atoms with Crippen molar-refractivity contribution in [3.8, 4) is 0 Å². The topological polar surface area (TPSA) is 50.1 Å². The average molecular weight is 292 g/mol. The molecule has 1 atom stereocenters. The van der Waals surface area contributed by atoms with E-state index in [0.29, 0.717) is 0 Å². The fraction of sp³-hybridized carbons (Fsp3) is 0.933. The van der Waals surface area contributed by atoms with Crippen molar-refractivity contribution < 1.29 is 0 Å². The predicted octanol–water partition coefficient (Wildman–Crippen LogP) is 1.53. The Hall–Kier alpha value is -1.01. The molecule has 2 saturated heterocycles. The second-order valence-electron chi connectivity index (χ2n) is 6.42. The highest BCUT2D eigenvalue weighted by molar-refractivity contribution is 4.85. The van der Waals surface area contributed by atoms with Crippen LogP contribution in [-0.2, 0) is 13.1 Å². The zero-order chi connectivity index (χ0) is 14.5. The van der Waals surface area contributed by atoms with E-state index in [0.717, 1.165) is 31.4 Å². The molecular weight excluding hydrogens is 264 g/mol. The van der Waals surface area contributed by atoms with Crippen molar-refractivity contribution in [1.82, 2.24) is 30.0 Å². The molecule has 1 aromatic rings. The largest absolute Gasteiger partial charge is 0.300 e. The molecule has 3 rings (SSSR count). The van der Waals surface area contributed by atoms with E-state index in [-0.39, 0.29) is 0 Å². The predicted molar refractivity (Wildman–Crippen MR) is 81.8 cm³/mol. The summed E-state index contributed by atoms with van der Waals surface area (Å²) in [4.78, 5) is 5.25. The van der Waals surface area contributed by atoms with Crippen LogP contribution in [0.4, 0.5) is 0 Å². The summed E-state index contributed by atoms with van der Waals surface area (Å²) in [6.45, 7) is 8.99. The summed E-state index contributed by atoms with van der Waals surface area (Å²) in [5.41, 5.74) is 0. The summed E-state index contributed by atoms with van der Waals surface area (Å²) >= 11 is 0. The van der Waals surface area contributed by atoms with Crippen LogP contribution in [0.25, 0.3) is 0 Å². The standard InChI is InChI=1S/C15H28N6/c1-2-8-21-15(16-17-18-21)13-19-9-5-6-14(7-12-19)20-10-3-4-11-20/h14H,2-13H2,1H3. The van der Waals surface area contributed by atoms with Gasteiger partial charge in [0.15, 0.2) is 5.82 Å². The zero-order valence-corrected chi connectivity index (χ0v) is 13.2. The lowest BCUT2D eigenvalue weighted by Crippen LogP contribution is -2.34. The van der Waals surface area contributed by atoms with Crippen molar-refractivity contribution in [2.24, 2.45) is 0 Å². The summed E-state index contributed by atoms with van der Waals surface area (Å²) < 4.78 is 1.96. The minimum absolute atomic E-state index is 0.809. The number of rotatable bonds is 5. The Morgan fingerprint density at radius 1 is 1.05 bits per heavy atom. The van der Waals surface area contributed by atoms with E-state index in [1.165, 1.54) is 58.3 Å². The maximum Gasteiger partial charge on any atom is 0.165 e. The molecule has 6 nitrogen and oxygen atoms in total. The summed E-state index contributed by atoms with van der Waals surface area (Å²) in [6.07, 6.45) is 7.83. The Morgan fingerprint density at radius 3 is 2.71 bits per heavy atom. The summed E-state index contributed by atoms with van der Waals surface area (Å²) in [6, 6.07) is 0.809. The molecule has 0 spiro atoms. The normalized spacial score (nSPS) is 25.3. The van der Waals surface area contributed by atoms with Gasteiger partial charge in [-0.2, -0.15) is 0 Å². The van der Waals surface area contributed by atoms with Crippen molar-refractivity contribution in [1.29, 1.82) is 0 Å². The first-order chi connectivity index (χ1) is 10.4. The molecular formula is C15H28N6. The molecule has 0 radical (unpaired) electrons.